The largest absolute Gasteiger partial charge is 0.384 e. The van der Waals surface area contributed by atoms with Gasteiger partial charge in [-0.3, -0.25) is 0 Å². The molecule has 0 aromatic carbocycles. The maximum atomic E-state index is 5.96. The van der Waals surface area contributed by atoms with Gasteiger partial charge in [0.1, 0.15) is 23.6 Å². The molecule has 1 aliphatic rings. The first-order chi connectivity index (χ1) is 12.7. The highest BCUT2D eigenvalue weighted by Gasteiger charge is 2.26. The van der Waals surface area contributed by atoms with Gasteiger partial charge in [0.15, 0.2) is 0 Å². The van der Waals surface area contributed by atoms with Crippen molar-refractivity contribution in [1.82, 2.24) is 19.5 Å². The third-order valence-electron chi connectivity index (χ3n) is 5.57. The first-order valence-corrected chi connectivity index (χ1v) is 9.49. The van der Waals surface area contributed by atoms with Gasteiger partial charge in [0.2, 0.25) is 0 Å². The van der Waals surface area contributed by atoms with Crippen LogP contribution in [0.1, 0.15) is 50.3 Å². The highest BCUT2D eigenvalue weighted by Crippen LogP contribution is 2.39. The highest BCUT2D eigenvalue weighted by molar-refractivity contribution is 5.86. The monoisotopic (exact) mass is 350 g/mol. The Kier molecular flexibility index (Phi) is 4.73. The minimum atomic E-state index is 0.530. The Morgan fingerprint density at radius 2 is 2.00 bits per heavy atom. The number of fused-ring (bicyclic) bond motifs is 1. The number of anilines is 2. The van der Waals surface area contributed by atoms with Crippen molar-refractivity contribution in [2.45, 2.75) is 51.0 Å². The average Bonchev–Trinajstić information content (AvgIpc) is 3.26. The van der Waals surface area contributed by atoms with Crippen molar-refractivity contribution < 1.29 is 0 Å². The summed E-state index contributed by atoms with van der Waals surface area (Å²) in [7, 11) is 0. The quantitative estimate of drug-likeness (QED) is 0.660. The molecular formula is C20H26N6. The van der Waals surface area contributed by atoms with Gasteiger partial charge in [-0.25, -0.2) is 15.0 Å². The molecule has 3 aromatic rings. The van der Waals surface area contributed by atoms with E-state index in [1.807, 2.05) is 18.2 Å². The molecule has 0 amide bonds. The summed E-state index contributed by atoms with van der Waals surface area (Å²) in [5, 5.41) is 0.964. The second kappa shape index (κ2) is 7.32. The van der Waals surface area contributed by atoms with Crippen LogP contribution >= 0.6 is 0 Å². The third kappa shape index (κ3) is 3.49. The van der Waals surface area contributed by atoms with E-state index in [-0.39, 0.29) is 0 Å². The first-order valence-electron chi connectivity index (χ1n) is 9.49. The fourth-order valence-electron chi connectivity index (χ4n) is 4.23. The van der Waals surface area contributed by atoms with Crippen LogP contribution in [0.4, 0.5) is 11.6 Å². The first kappa shape index (κ1) is 16.8. The number of hydrogen-bond acceptors (Lipinski definition) is 5. The molecule has 2 atom stereocenters. The number of nitrogen functional groups attached to an aromatic ring is 2. The van der Waals surface area contributed by atoms with E-state index in [4.69, 9.17) is 11.5 Å². The van der Waals surface area contributed by atoms with Crippen LogP contribution in [0.25, 0.3) is 11.0 Å². The van der Waals surface area contributed by atoms with E-state index in [0.29, 0.717) is 17.7 Å². The number of unbranched alkanes of at least 4 members (excludes halogenated alkanes) is 1. The van der Waals surface area contributed by atoms with Crippen molar-refractivity contribution in [3.63, 3.8) is 0 Å². The average molecular weight is 350 g/mol. The Hall–Kier alpha value is -2.63. The number of nitrogens with zero attached hydrogens (tertiary/aromatic N) is 4. The molecule has 2 unspecified atom stereocenters. The topological polar surface area (TPSA) is 95.6 Å². The second-order valence-electron chi connectivity index (χ2n) is 7.35. The lowest BCUT2D eigenvalue weighted by atomic mass is 9.99. The molecule has 1 aliphatic carbocycles. The van der Waals surface area contributed by atoms with E-state index in [9.17, 15) is 0 Å². The van der Waals surface area contributed by atoms with Gasteiger partial charge >= 0.3 is 0 Å². The fraction of sp³-hybridized carbons (Fsp3) is 0.450. The van der Waals surface area contributed by atoms with Gasteiger partial charge in [0.25, 0.3) is 0 Å². The third-order valence-corrected chi connectivity index (χ3v) is 5.57. The smallest absolute Gasteiger partial charge is 0.145 e. The number of nitrogens with two attached hydrogens (primary N) is 2. The summed E-state index contributed by atoms with van der Waals surface area (Å²) in [5.41, 5.74) is 13.8. The van der Waals surface area contributed by atoms with Crippen LogP contribution in [0.15, 0.2) is 36.8 Å². The molecule has 0 bridgehead atoms. The SMILES string of the molecule is Nc1cccc(CCCCC2CCC(n3ccc4c(N)ncnc43)C2)n1. The Morgan fingerprint density at radius 3 is 2.88 bits per heavy atom. The van der Waals surface area contributed by atoms with Crippen molar-refractivity contribution in [3.8, 4) is 0 Å². The summed E-state index contributed by atoms with van der Waals surface area (Å²) in [4.78, 5) is 12.9. The maximum Gasteiger partial charge on any atom is 0.145 e. The summed E-state index contributed by atoms with van der Waals surface area (Å²) in [6.45, 7) is 0. The Morgan fingerprint density at radius 1 is 1.08 bits per heavy atom. The van der Waals surface area contributed by atoms with E-state index in [1.54, 1.807) is 6.33 Å². The van der Waals surface area contributed by atoms with Gasteiger partial charge in [-0.1, -0.05) is 18.9 Å². The van der Waals surface area contributed by atoms with Crippen LogP contribution in [-0.2, 0) is 6.42 Å². The van der Waals surface area contributed by atoms with Gasteiger partial charge in [-0.05, 0) is 56.2 Å². The molecule has 136 valence electrons. The molecule has 4 rings (SSSR count). The standard InChI is InChI=1S/C20H26N6/c21-18-7-3-6-15(25-18)5-2-1-4-14-8-9-16(12-14)26-11-10-17-19(22)23-13-24-20(17)26/h3,6-7,10-11,13-14,16H,1-2,4-5,8-9,12H2,(H2,21,25)(H2,22,23,24). The lowest BCUT2D eigenvalue weighted by molar-refractivity contribution is 0.443. The molecule has 26 heavy (non-hydrogen) atoms. The minimum Gasteiger partial charge on any atom is -0.384 e. The van der Waals surface area contributed by atoms with E-state index in [0.717, 1.165) is 29.1 Å². The van der Waals surface area contributed by atoms with Crippen LogP contribution in [-0.4, -0.2) is 19.5 Å². The van der Waals surface area contributed by atoms with Crippen LogP contribution in [0.3, 0.4) is 0 Å². The number of hydrogen-bond donors (Lipinski definition) is 2. The highest BCUT2D eigenvalue weighted by atomic mass is 15.1. The number of pyridine rings is 1. The van der Waals surface area contributed by atoms with Gasteiger partial charge in [0, 0.05) is 17.9 Å². The normalized spacial score (nSPS) is 20.0. The predicted molar refractivity (Wildman–Crippen MR) is 105 cm³/mol. The van der Waals surface area contributed by atoms with Gasteiger partial charge in [-0.15, -0.1) is 0 Å². The van der Waals surface area contributed by atoms with E-state index in [1.165, 1.54) is 38.5 Å². The molecule has 0 spiro atoms. The Labute approximate surface area is 153 Å². The molecule has 6 heteroatoms. The molecule has 0 saturated heterocycles. The van der Waals surface area contributed by atoms with Crippen molar-refractivity contribution in [2.75, 3.05) is 11.5 Å². The minimum absolute atomic E-state index is 0.530. The van der Waals surface area contributed by atoms with Crippen LogP contribution < -0.4 is 11.5 Å². The van der Waals surface area contributed by atoms with E-state index < -0.39 is 0 Å². The van der Waals surface area contributed by atoms with Crippen molar-refractivity contribution >= 4 is 22.7 Å². The molecule has 1 fully saturated rings. The van der Waals surface area contributed by atoms with Crippen LogP contribution in [0.2, 0.25) is 0 Å². The molecule has 0 aliphatic heterocycles. The van der Waals surface area contributed by atoms with E-state index in [2.05, 4.69) is 31.8 Å². The summed E-state index contributed by atoms with van der Waals surface area (Å²) < 4.78 is 2.30. The maximum absolute atomic E-state index is 5.96. The lowest BCUT2D eigenvalue weighted by Gasteiger charge is -2.14. The molecule has 4 N–H and O–H groups in total. The fourth-order valence-corrected chi connectivity index (χ4v) is 4.23. The molecule has 3 heterocycles. The van der Waals surface area contributed by atoms with Gasteiger partial charge in [-0.2, -0.15) is 0 Å². The molecular weight excluding hydrogens is 324 g/mol. The summed E-state index contributed by atoms with van der Waals surface area (Å²) in [5.74, 6) is 1.98. The Balaban J connectivity index is 1.29. The zero-order chi connectivity index (χ0) is 17.9. The van der Waals surface area contributed by atoms with Crippen LogP contribution in [0.5, 0.6) is 0 Å². The lowest BCUT2D eigenvalue weighted by Crippen LogP contribution is -2.06. The molecule has 6 nitrogen and oxygen atoms in total. The zero-order valence-electron chi connectivity index (χ0n) is 15.0. The zero-order valence-corrected chi connectivity index (χ0v) is 15.0. The molecule has 3 aromatic heterocycles. The summed E-state index contributed by atoms with van der Waals surface area (Å²) >= 11 is 0. The van der Waals surface area contributed by atoms with Gasteiger partial charge < -0.3 is 16.0 Å². The van der Waals surface area contributed by atoms with Crippen molar-refractivity contribution in [2.24, 2.45) is 5.92 Å². The number of aromatic nitrogens is 4. The van der Waals surface area contributed by atoms with Crippen molar-refractivity contribution in [3.05, 3.63) is 42.5 Å². The summed E-state index contributed by atoms with van der Waals surface area (Å²) in [6.07, 6.45) is 12.1. The molecule has 0 radical (unpaired) electrons. The number of rotatable bonds is 6. The summed E-state index contributed by atoms with van der Waals surface area (Å²) in [6, 6.07) is 8.45. The van der Waals surface area contributed by atoms with E-state index >= 15 is 0 Å². The second-order valence-corrected chi connectivity index (χ2v) is 7.35. The Bertz CT molecular complexity index is 887. The van der Waals surface area contributed by atoms with Crippen LogP contribution in [0, 0.1) is 5.92 Å². The van der Waals surface area contributed by atoms with Gasteiger partial charge in [0.05, 0.1) is 5.39 Å². The predicted octanol–water partition coefficient (Wildman–Crippen LogP) is 3.74. The van der Waals surface area contributed by atoms with Crippen molar-refractivity contribution in [1.29, 1.82) is 0 Å². The molecule has 1 saturated carbocycles. The number of aryl methyl sites for hydroxylation is 1.